The molecule has 3 nitrogen and oxygen atoms in total. The average Bonchev–Trinajstić information content (AvgIpc) is 2.58. The largest absolute Gasteiger partial charge is 0.339 e. The number of rotatable bonds is 3. The highest BCUT2D eigenvalue weighted by Crippen LogP contribution is 2.22. The molecule has 3 rings (SSSR count). The van der Waals surface area contributed by atoms with Crippen molar-refractivity contribution in [2.24, 2.45) is 5.92 Å². The number of carbonyl (C=O) groups excluding carboxylic acids is 1. The van der Waals surface area contributed by atoms with E-state index in [1.54, 1.807) is 11.1 Å². The topological polar surface area (TPSA) is 33.2 Å². The van der Waals surface area contributed by atoms with Gasteiger partial charge in [0.15, 0.2) is 11.6 Å². The minimum absolute atomic E-state index is 0.201. The molecule has 1 aromatic carbocycles. The van der Waals surface area contributed by atoms with Crippen LogP contribution in [-0.4, -0.2) is 28.9 Å². The van der Waals surface area contributed by atoms with Crippen molar-refractivity contribution in [3.8, 4) is 0 Å². The van der Waals surface area contributed by atoms with Gasteiger partial charge in [-0.05, 0) is 55.5 Å². The molecule has 1 aromatic heterocycles. The van der Waals surface area contributed by atoms with Gasteiger partial charge in [-0.25, -0.2) is 8.78 Å². The first kappa shape index (κ1) is 15.6. The zero-order valence-corrected chi connectivity index (χ0v) is 12.7. The van der Waals surface area contributed by atoms with Crippen molar-refractivity contribution < 1.29 is 13.6 Å². The molecular formula is C18H18F2N2O. The Hall–Kier alpha value is -2.30. The lowest BCUT2D eigenvalue weighted by molar-refractivity contribution is 0.0689. The van der Waals surface area contributed by atoms with Gasteiger partial charge in [-0.1, -0.05) is 6.07 Å². The molecule has 1 fully saturated rings. The Morgan fingerprint density at radius 3 is 2.57 bits per heavy atom. The van der Waals surface area contributed by atoms with E-state index >= 15 is 0 Å². The summed E-state index contributed by atoms with van der Waals surface area (Å²) in [6.45, 7) is 1.27. The number of pyridine rings is 1. The van der Waals surface area contributed by atoms with E-state index in [1.807, 2.05) is 18.2 Å². The standard InChI is InChI=1S/C18H18F2N2O/c19-16-5-4-14(12-17(16)20)18(23)22-9-6-13(7-10-22)11-15-3-1-2-8-21-15/h1-5,8,12-13H,6-7,9-11H2. The lowest BCUT2D eigenvalue weighted by atomic mass is 9.91. The molecule has 1 amide bonds. The average molecular weight is 316 g/mol. The van der Waals surface area contributed by atoms with Crippen molar-refractivity contribution in [1.29, 1.82) is 0 Å². The van der Waals surface area contributed by atoms with E-state index in [0.717, 1.165) is 37.1 Å². The minimum Gasteiger partial charge on any atom is -0.339 e. The van der Waals surface area contributed by atoms with E-state index in [4.69, 9.17) is 0 Å². The first-order valence-corrected chi connectivity index (χ1v) is 7.77. The number of halogens is 2. The van der Waals surface area contributed by atoms with Crippen molar-refractivity contribution in [1.82, 2.24) is 9.88 Å². The van der Waals surface area contributed by atoms with Crippen LogP contribution in [-0.2, 0) is 6.42 Å². The Balaban J connectivity index is 1.58. The number of hydrogen-bond acceptors (Lipinski definition) is 2. The molecule has 1 saturated heterocycles. The van der Waals surface area contributed by atoms with E-state index in [1.165, 1.54) is 6.07 Å². The van der Waals surface area contributed by atoms with Gasteiger partial charge in [-0.2, -0.15) is 0 Å². The summed E-state index contributed by atoms with van der Waals surface area (Å²) in [7, 11) is 0. The summed E-state index contributed by atoms with van der Waals surface area (Å²) in [6, 6.07) is 9.18. The second kappa shape index (κ2) is 6.86. The van der Waals surface area contributed by atoms with Crippen LogP contribution in [0.15, 0.2) is 42.6 Å². The zero-order chi connectivity index (χ0) is 16.2. The summed E-state index contributed by atoms with van der Waals surface area (Å²) in [5, 5.41) is 0. The zero-order valence-electron chi connectivity index (χ0n) is 12.7. The van der Waals surface area contributed by atoms with Crippen LogP contribution >= 0.6 is 0 Å². The van der Waals surface area contributed by atoms with Gasteiger partial charge in [-0.15, -0.1) is 0 Å². The molecule has 0 unspecified atom stereocenters. The number of aromatic nitrogens is 1. The van der Waals surface area contributed by atoms with Crippen LogP contribution in [0.5, 0.6) is 0 Å². The van der Waals surface area contributed by atoms with Gasteiger partial charge in [0.25, 0.3) is 5.91 Å². The Morgan fingerprint density at radius 1 is 1.13 bits per heavy atom. The Morgan fingerprint density at radius 2 is 1.91 bits per heavy atom. The van der Waals surface area contributed by atoms with E-state index in [-0.39, 0.29) is 11.5 Å². The van der Waals surface area contributed by atoms with Crippen LogP contribution in [0.1, 0.15) is 28.9 Å². The van der Waals surface area contributed by atoms with E-state index in [9.17, 15) is 13.6 Å². The molecule has 1 aliphatic heterocycles. The fourth-order valence-corrected chi connectivity index (χ4v) is 2.97. The lowest BCUT2D eigenvalue weighted by Gasteiger charge is -2.32. The fraction of sp³-hybridized carbons (Fsp3) is 0.333. The van der Waals surface area contributed by atoms with Crippen LogP contribution in [0.25, 0.3) is 0 Å². The molecule has 0 radical (unpaired) electrons. The van der Waals surface area contributed by atoms with Gasteiger partial charge in [0.1, 0.15) is 0 Å². The number of likely N-dealkylation sites (tertiary alicyclic amines) is 1. The van der Waals surface area contributed by atoms with Gasteiger partial charge in [0.2, 0.25) is 0 Å². The van der Waals surface area contributed by atoms with Crippen LogP contribution in [0.3, 0.4) is 0 Å². The number of benzene rings is 1. The van der Waals surface area contributed by atoms with Crippen molar-refractivity contribution >= 4 is 5.91 Å². The molecule has 0 N–H and O–H groups in total. The predicted molar refractivity (Wildman–Crippen MR) is 82.9 cm³/mol. The Bertz CT molecular complexity index is 683. The lowest BCUT2D eigenvalue weighted by Crippen LogP contribution is -2.39. The SMILES string of the molecule is O=C(c1ccc(F)c(F)c1)N1CCC(Cc2ccccn2)CC1. The summed E-state index contributed by atoms with van der Waals surface area (Å²) in [6.07, 6.45) is 4.49. The highest BCUT2D eigenvalue weighted by Gasteiger charge is 2.24. The van der Waals surface area contributed by atoms with Crippen LogP contribution < -0.4 is 0 Å². The molecule has 2 heterocycles. The fourth-order valence-electron chi connectivity index (χ4n) is 2.97. The number of hydrogen-bond donors (Lipinski definition) is 0. The molecule has 0 spiro atoms. The van der Waals surface area contributed by atoms with Crippen molar-refractivity contribution in [2.75, 3.05) is 13.1 Å². The molecule has 0 aliphatic carbocycles. The first-order valence-electron chi connectivity index (χ1n) is 7.77. The Labute approximate surface area is 134 Å². The highest BCUT2D eigenvalue weighted by atomic mass is 19.2. The van der Waals surface area contributed by atoms with Crippen LogP contribution in [0.2, 0.25) is 0 Å². The van der Waals surface area contributed by atoms with Crippen LogP contribution in [0, 0.1) is 17.6 Å². The molecule has 1 aliphatic rings. The molecule has 23 heavy (non-hydrogen) atoms. The van der Waals surface area contributed by atoms with Crippen molar-refractivity contribution in [2.45, 2.75) is 19.3 Å². The molecule has 120 valence electrons. The second-order valence-electron chi connectivity index (χ2n) is 5.89. The van der Waals surface area contributed by atoms with Gasteiger partial charge < -0.3 is 4.90 Å². The third-order valence-electron chi connectivity index (χ3n) is 4.29. The number of amides is 1. The third-order valence-corrected chi connectivity index (χ3v) is 4.29. The molecule has 5 heteroatoms. The number of nitrogens with zero attached hydrogens (tertiary/aromatic N) is 2. The van der Waals surface area contributed by atoms with Gasteiger partial charge in [-0.3, -0.25) is 9.78 Å². The maximum atomic E-state index is 13.3. The van der Waals surface area contributed by atoms with E-state index < -0.39 is 11.6 Å². The quantitative estimate of drug-likeness (QED) is 0.869. The summed E-state index contributed by atoms with van der Waals surface area (Å²) < 4.78 is 26.2. The van der Waals surface area contributed by atoms with E-state index in [0.29, 0.717) is 19.0 Å². The molecule has 2 aromatic rings. The van der Waals surface area contributed by atoms with Crippen molar-refractivity contribution in [3.63, 3.8) is 0 Å². The van der Waals surface area contributed by atoms with Gasteiger partial charge in [0, 0.05) is 30.5 Å². The number of piperidine rings is 1. The molecule has 0 saturated carbocycles. The van der Waals surface area contributed by atoms with Crippen LogP contribution in [0.4, 0.5) is 8.78 Å². The Kier molecular flexibility index (Phi) is 4.65. The minimum atomic E-state index is -0.985. The maximum absolute atomic E-state index is 13.3. The smallest absolute Gasteiger partial charge is 0.253 e. The molecule has 0 atom stereocenters. The van der Waals surface area contributed by atoms with Crippen molar-refractivity contribution in [3.05, 3.63) is 65.5 Å². The van der Waals surface area contributed by atoms with E-state index in [2.05, 4.69) is 4.98 Å². The molecule has 0 bridgehead atoms. The summed E-state index contributed by atoms with van der Waals surface area (Å²) in [4.78, 5) is 18.4. The molecular weight excluding hydrogens is 298 g/mol. The second-order valence-corrected chi connectivity index (χ2v) is 5.89. The predicted octanol–water partition coefficient (Wildman–Crippen LogP) is 3.45. The summed E-state index contributed by atoms with van der Waals surface area (Å²) in [5.41, 5.74) is 1.27. The van der Waals surface area contributed by atoms with Gasteiger partial charge >= 0.3 is 0 Å². The van der Waals surface area contributed by atoms with Gasteiger partial charge in [0.05, 0.1) is 0 Å². The first-order chi connectivity index (χ1) is 11.1. The maximum Gasteiger partial charge on any atom is 0.253 e. The normalized spacial score (nSPS) is 15.7. The number of carbonyl (C=O) groups is 1. The third kappa shape index (κ3) is 3.73. The highest BCUT2D eigenvalue weighted by molar-refractivity contribution is 5.94. The summed E-state index contributed by atoms with van der Waals surface area (Å²) >= 11 is 0. The summed E-state index contributed by atoms with van der Waals surface area (Å²) in [5.74, 6) is -1.66. The monoisotopic (exact) mass is 316 g/mol.